The fraction of sp³-hybridized carbons (Fsp3) is 0.174. The van der Waals surface area contributed by atoms with Gasteiger partial charge in [-0.15, -0.1) is 0 Å². The van der Waals surface area contributed by atoms with Crippen molar-refractivity contribution in [1.82, 2.24) is 4.90 Å². The third-order valence-electron chi connectivity index (χ3n) is 4.49. The first-order valence-corrected chi connectivity index (χ1v) is 11.5. The van der Waals surface area contributed by atoms with Crippen LogP contribution in [0.15, 0.2) is 77.7 Å². The summed E-state index contributed by atoms with van der Waals surface area (Å²) >= 11 is 5.90. The molecule has 0 fully saturated rings. The lowest BCUT2D eigenvalue weighted by molar-refractivity contribution is 0.0785. The zero-order valence-electron chi connectivity index (χ0n) is 17.2. The molecular weight excluding hydrogens is 436 g/mol. The normalized spacial score (nSPS) is 11.1. The van der Waals surface area contributed by atoms with Crippen molar-refractivity contribution in [3.8, 4) is 5.75 Å². The second-order valence-electron chi connectivity index (χ2n) is 6.88. The average molecular weight is 459 g/mol. The van der Waals surface area contributed by atoms with Gasteiger partial charge in [0.05, 0.1) is 11.5 Å². The van der Waals surface area contributed by atoms with Crippen LogP contribution in [0.1, 0.15) is 22.8 Å². The van der Waals surface area contributed by atoms with E-state index in [1.54, 1.807) is 54.4 Å². The van der Waals surface area contributed by atoms with Crippen LogP contribution in [0, 0.1) is 0 Å². The maximum absolute atomic E-state index is 12.8. The highest BCUT2D eigenvalue weighted by atomic mass is 35.5. The maximum Gasteiger partial charge on any atom is 0.261 e. The monoisotopic (exact) mass is 458 g/mol. The number of benzene rings is 3. The molecule has 6 nitrogen and oxygen atoms in total. The van der Waals surface area contributed by atoms with E-state index < -0.39 is 10.0 Å². The molecule has 31 heavy (non-hydrogen) atoms. The number of rotatable bonds is 8. The van der Waals surface area contributed by atoms with Gasteiger partial charge in [-0.2, -0.15) is 0 Å². The second-order valence-corrected chi connectivity index (χ2v) is 9.00. The minimum absolute atomic E-state index is 0.104. The van der Waals surface area contributed by atoms with Crippen LogP contribution >= 0.6 is 11.6 Å². The Morgan fingerprint density at radius 1 is 1.03 bits per heavy atom. The molecule has 0 atom stereocenters. The minimum Gasteiger partial charge on any atom is -0.494 e. The van der Waals surface area contributed by atoms with E-state index in [0.717, 1.165) is 5.56 Å². The molecule has 0 unspecified atom stereocenters. The number of hydrogen-bond acceptors (Lipinski definition) is 4. The molecule has 0 bridgehead atoms. The van der Waals surface area contributed by atoms with Gasteiger partial charge in [-0.1, -0.05) is 29.8 Å². The van der Waals surface area contributed by atoms with Gasteiger partial charge >= 0.3 is 0 Å². The highest BCUT2D eigenvalue weighted by Gasteiger charge is 2.17. The van der Waals surface area contributed by atoms with Crippen LogP contribution in [0.5, 0.6) is 5.75 Å². The molecule has 162 valence electrons. The number of nitrogens with zero attached hydrogens (tertiary/aromatic N) is 1. The van der Waals surface area contributed by atoms with Crippen LogP contribution < -0.4 is 9.46 Å². The van der Waals surface area contributed by atoms with E-state index in [1.807, 2.05) is 19.1 Å². The lowest BCUT2D eigenvalue weighted by Gasteiger charge is -2.18. The van der Waals surface area contributed by atoms with Crippen molar-refractivity contribution in [2.45, 2.75) is 18.4 Å². The van der Waals surface area contributed by atoms with Gasteiger partial charge in [0.1, 0.15) is 5.75 Å². The van der Waals surface area contributed by atoms with Gasteiger partial charge in [0, 0.05) is 29.9 Å². The summed E-state index contributed by atoms with van der Waals surface area (Å²) in [7, 11) is -2.12. The summed E-state index contributed by atoms with van der Waals surface area (Å²) in [6, 6.07) is 19.8. The van der Waals surface area contributed by atoms with Gasteiger partial charge < -0.3 is 9.64 Å². The van der Waals surface area contributed by atoms with E-state index in [2.05, 4.69) is 4.72 Å². The van der Waals surface area contributed by atoms with Gasteiger partial charge in [-0.3, -0.25) is 9.52 Å². The standard InChI is InChI=1S/C23H23ClN2O4S/c1-3-30-21-11-13-22(14-12-21)31(28,29)25-20-6-4-5-18(15-20)23(27)26(2)16-17-7-9-19(24)10-8-17/h4-15,25H,3,16H2,1-2H3. The average Bonchev–Trinajstić information content (AvgIpc) is 2.75. The van der Waals surface area contributed by atoms with Crippen molar-refractivity contribution >= 4 is 33.2 Å². The SMILES string of the molecule is CCOc1ccc(S(=O)(=O)Nc2cccc(C(=O)N(C)Cc3ccc(Cl)cc3)c2)cc1. The van der Waals surface area contributed by atoms with Gasteiger partial charge in [0.15, 0.2) is 0 Å². The predicted octanol–water partition coefficient (Wildman–Crippen LogP) is 4.81. The molecule has 0 aliphatic carbocycles. The number of carbonyl (C=O) groups is 1. The number of anilines is 1. The molecule has 0 aromatic heterocycles. The van der Waals surface area contributed by atoms with Crippen LogP contribution in [0.3, 0.4) is 0 Å². The van der Waals surface area contributed by atoms with Crippen molar-refractivity contribution in [1.29, 1.82) is 0 Å². The van der Waals surface area contributed by atoms with Gasteiger partial charge in [0.2, 0.25) is 0 Å². The molecule has 0 aliphatic heterocycles. The summed E-state index contributed by atoms with van der Waals surface area (Å²) in [6.45, 7) is 2.75. The van der Waals surface area contributed by atoms with E-state index in [4.69, 9.17) is 16.3 Å². The van der Waals surface area contributed by atoms with Gasteiger partial charge in [-0.05, 0) is 67.1 Å². The Kier molecular flexibility index (Phi) is 7.20. The number of sulfonamides is 1. The number of ether oxygens (including phenoxy) is 1. The second kappa shape index (κ2) is 9.85. The molecule has 0 heterocycles. The van der Waals surface area contributed by atoms with Crippen LogP contribution in [0.25, 0.3) is 0 Å². The highest BCUT2D eigenvalue weighted by molar-refractivity contribution is 7.92. The molecule has 3 aromatic carbocycles. The van der Waals surface area contributed by atoms with Crippen LogP contribution in [-0.2, 0) is 16.6 Å². The lowest BCUT2D eigenvalue weighted by atomic mass is 10.1. The zero-order valence-corrected chi connectivity index (χ0v) is 18.8. The molecule has 0 saturated carbocycles. The number of hydrogen-bond donors (Lipinski definition) is 1. The Labute approximate surface area is 187 Å². The van der Waals surface area contributed by atoms with Gasteiger partial charge in [-0.25, -0.2) is 8.42 Å². The number of carbonyl (C=O) groups excluding carboxylic acids is 1. The molecular formula is C23H23ClN2O4S. The topological polar surface area (TPSA) is 75.7 Å². The third kappa shape index (κ3) is 5.99. The van der Waals surface area contributed by atoms with Crippen molar-refractivity contribution in [2.75, 3.05) is 18.4 Å². The summed E-state index contributed by atoms with van der Waals surface area (Å²) in [4.78, 5) is 14.5. The molecule has 0 saturated heterocycles. The molecule has 0 radical (unpaired) electrons. The summed E-state index contributed by atoms with van der Waals surface area (Å²) in [5, 5.41) is 0.630. The molecule has 8 heteroatoms. The Bertz CT molecular complexity index is 1150. The van der Waals surface area contributed by atoms with Crippen molar-refractivity contribution in [3.63, 3.8) is 0 Å². The zero-order chi connectivity index (χ0) is 22.4. The molecule has 3 rings (SSSR count). The van der Waals surface area contributed by atoms with Crippen molar-refractivity contribution in [3.05, 3.63) is 88.9 Å². The molecule has 1 N–H and O–H groups in total. The van der Waals surface area contributed by atoms with Crippen LogP contribution in [-0.4, -0.2) is 32.9 Å². The van der Waals surface area contributed by atoms with Crippen molar-refractivity contribution in [2.24, 2.45) is 0 Å². The predicted molar refractivity (Wildman–Crippen MR) is 122 cm³/mol. The fourth-order valence-electron chi connectivity index (χ4n) is 2.97. The molecule has 1 amide bonds. The first kappa shape index (κ1) is 22.7. The lowest BCUT2D eigenvalue weighted by Crippen LogP contribution is -2.26. The first-order valence-electron chi connectivity index (χ1n) is 9.64. The smallest absolute Gasteiger partial charge is 0.261 e. The van der Waals surface area contributed by atoms with E-state index in [1.165, 1.54) is 18.2 Å². The van der Waals surface area contributed by atoms with E-state index in [0.29, 0.717) is 35.2 Å². The Morgan fingerprint density at radius 2 is 1.71 bits per heavy atom. The number of amides is 1. The Hall–Kier alpha value is -3.03. The number of nitrogens with one attached hydrogen (secondary N) is 1. The van der Waals surface area contributed by atoms with Gasteiger partial charge in [0.25, 0.3) is 15.9 Å². The van der Waals surface area contributed by atoms with E-state index >= 15 is 0 Å². The summed E-state index contributed by atoms with van der Waals surface area (Å²) in [5.41, 5.74) is 1.62. The highest BCUT2D eigenvalue weighted by Crippen LogP contribution is 2.21. The minimum atomic E-state index is -3.80. The number of halogens is 1. The maximum atomic E-state index is 12.8. The van der Waals surface area contributed by atoms with Crippen LogP contribution in [0.2, 0.25) is 5.02 Å². The molecule has 0 aliphatic rings. The van der Waals surface area contributed by atoms with Crippen LogP contribution in [0.4, 0.5) is 5.69 Å². The summed E-state index contributed by atoms with van der Waals surface area (Å²) in [5.74, 6) is 0.370. The Morgan fingerprint density at radius 3 is 2.35 bits per heavy atom. The first-order chi connectivity index (χ1) is 14.8. The molecule has 3 aromatic rings. The fourth-order valence-corrected chi connectivity index (χ4v) is 4.14. The van der Waals surface area contributed by atoms with E-state index in [-0.39, 0.29) is 10.8 Å². The third-order valence-corrected chi connectivity index (χ3v) is 6.14. The quantitative estimate of drug-likeness (QED) is 0.525. The Balaban J connectivity index is 1.72. The van der Waals surface area contributed by atoms with Crippen molar-refractivity contribution < 1.29 is 17.9 Å². The largest absolute Gasteiger partial charge is 0.494 e. The molecule has 0 spiro atoms. The summed E-state index contributed by atoms with van der Waals surface area (Å²) in [6.07, 6.45) is 0. The van der Waals surface area contributed by atoms with E-state index in [9.17, 15) is 13.2 Å². The summed E-state index contributed by atoms with van der Waals surface area (Å²) < 4.78 is 33.3.